The average Bonchev–Trinajstić information content (AvgIpc) is 2.08. The van der Waals surface area contributed by atoms with Crippen molar-refractivity contribution in [2.75, 3.05) is 19.3 Å². The van der Waals surface area contributed by atoms with Crippen molar-refractivity contribution in [3.63, 3.8) is 0 Å². The van der Waals surface area contributed by atoms with Crippen LogP contribution in [0.2, 0.25) is 5.02 Å². The molecule has 1 aromatic carbocycles. The van der Waals surface area contributed by atoms with Gasteiger partial charge in [-0.3, -0.25) is 0 Å². The molecule has 2 nitrogen and oxygen atoms in total. The van der Waals surface area contributed by atoms with Crippen LogP contribution < -0.4 is 5.73 Å². The topological polar surface area (TPSA) is 29.3 Å². The Hall–Kier alpha value is -0.730. The maximum absolute atomic E-state index is 5.99. The molecule has 0 aliphatic carbocycles. The molecular weight excluding hydrogens is 220 g/mol. The first-order valence-electron chi connectivity index (χ1n) is 5.50. The molecule has 0 aliphatic heterocycles. The summed E-state index contributed by atoms with van der Waals surface area (Å²) in [4.78, 5) is 2.29. The number of nitrogen functional groups attached to an aromatic ring is 1. The summed E-state index contributed by atoms with van der Waals surface area (Å²) in [6.45, 7) is 8.66. The Balaban J connectivity index is 2.63. The molecule has 1 aromatic rings. The van der Waals surface area contributed by atoms with Gasteiger partial charge in [-0.05, 0) is 30.2 Å². The van der Waals surface area contributed by atoms with Gasteiger partial charge in [0.05, 0.1) is 10.7 Å². The Labute approximate surface area is 103 Å². The SMILES string of the molecule is CN(Cc1ccc(N)c(Cl)c1)CC(C)(C)C. The molecule has 0 bridgehead atoms. The van der Waals surface area contributed by atoms with Crippen molar-refractivity contribution in [2.45, 2.75) is 27.3 Å². The molecule has 0 amide bonds. The zero-order valence-electron chi connectivity index (χ0n) is 10.5. The maximum Gasteiger partial charge on any atom is 0.0638 e. The summed E-state index contributed by atoms with van der Waals surface area (Å²) in [6.07, 6.45) is 0. The summed E-state index contributed by atoms with van der Waals surface area (Å²) in [6, 6.07) is 5.83. The summed E-state index contributed by atoms with van der Waals surface area (Å²) in [5.74, 6) is 0. The van der Waals surface area contributed by atoms with E-state index in [-0.39, 0.29) is 0 Å². The molecule has 0 spiro atoms. The van der Waals surface area contributed by atoms with Crippen molar-refractivity contribution in [3.8, 4) is 0 Å². The number of hydrogen-bond acceptors (Lipinski definition) is 2. The van der Waals surface area contributed by atoms with Crippen molar-refractivity contribution < 1.29 is 0 Å². The number of halogens is 1. The second kappa shape index (κ2) is 5.07. The summed E-state index contributed by atoms with van der Waals surface area (Å²) in [5.41, 5.74) is 7.83. The zero-order chi connectivity index (χ0) is 12.3. The third kappa shape index (κ3) is 4.42. The molecule has 3 heteroatoms. The second-order valence-electron chi connectivity index (χ2n) is 5.59. The molecule has 90 valence electrons. The van der Waals surface area contributed by atoms with Gasteiger partial charge < -0.3 is 10.6 Å². The van der Waals surface area contributed by atoms with E-state index >= 15 is 0 Å². The van der Waals surface area contributed by atoms with Gasteiger partial charge in [0.1, 0.15) is 0 Å². The first-order chi connectivity index (χ1) is 7.28. The minimum Gasteiger partial charge on any atom is -0.398 e. The highest BCUT2D eigenvalue weighted by molar-refractivity contribution is 6.33. The van der Waals surface area contributed by atoms with E-state index in [9.17, 15) is 0 Å². The number of anilines is 1. The Kier molecular flexibility index (Phi) is 4.22. The molecule has 0 heterocycles. The van der Waals surface area contributed by atoms with Crippen LogP contribution in [0.3, 0.4) is 0 Å². The number of rotatable bonds is 3. The van der Waals surface area contributed by atoms with E-state index < -0.39 is 0 Å². The minimum absolute atomic E-state index is 0.312. The number of benzene rings is 1. The summed E-state index contributed by atoms with van der Waals surface area (Å²) >= 11 is 5.99. The maximum atomic E-state index is 5.99. The van der Waals surface area contributed by atoms with Gasteiger partial charge in [-0.25, -0.2) is 0 Å². The lowest BCUT2D eigenvalue weighted by molar-refractivity contribution is 0.221. The quantitative estimate of drug-likeness (QED) is 0.821. The molecule has 0 aromatic heterocycles. The number of nitrogens with two attached hydrogens (primary N) is 1. The van der Waals surface area contributed by atoms with Crippen LogP contribution in [-0.4, -0.2) is 18.5 Å². The van der Waals surface area contributed by atoms with Crippen LogP contribution >= 0.6 is 11.6 Å². The van der Waals surface area contributed by atoms with Gasteiger partial charge in [0.2, 0.25) is 0 Å². The molecule has 0 radical (unpaired) electrons. The van der Waals surface area contributed by atoms with E-state index in [2.05, 4.69) is 32.7 Å². The third-order valence-corrected chi connectivity index (χ3v) is 2.59. The second-order valence-corrected chi connectivity index (χ2v) is 6.00. The molecule has 2 N–H and O–H groups in total. The average molecular weight is 241 g/mol. The van der Waals surface area contributed by atoms with Crippen molar-refractivity contribution in [3.05, 3.63) is 28.8 Å². The van der Waals surface area contributed by atoms with E-state index in [1.165, 1.54) is 5.56 Å². The van der Waals surface area contributed by atoms with Crippen molar-refractivity contribution in [2.24, 2.45) is 5.41 Å². The molecule has 0 saturated carbocycles. The van der Waals surface area contributed by atoms with E-state index in [1.54, 1.807) is 0 Å². The highest BCUT2D eigenvalue weighted by Crippen LogP contribution is 2.21. The largest absolute Gasteiger partial charge is 0.398 e. The smallest absolute Gasteiger partial charge is 0.0638 e. The van der Waals surface area contributed by atoms with E-state index in [0.29, 0.717) is 16.1 Å². The molecular formula is C13H21ClN2. The van der Waals surface area contributed by atoms with Crippen molar-refractivity contribution in [1.82, 2.24) is 4.90 Å². The van der Waals surface area contributed by atoms with Crippen LogP contribution in [-0.2, 0) is 6.54 Å². The highest BCUT2D eigenvalue weighted by Gasteiger charge is 2.13. The predicted octanol–water partition coefficient (Wildman–Crippen LogP) is 3.40. The summed E-state index contributed by atoms with van der Waals surface area (Å²) in [5, 5.41) is 0.640. The fourth-order valence-corrected chi connectivity index (χ4v) is 2.05. The third-order valence-electron chi connectivity index (χ3n) is 2.26. The zero-order valence-corrected chi connectivity index (χ0v) is 11.3. The predicted molar refractivity (Wildman–Crippen MR) is 71.7 cm³/mol. The van der Waals surface area contributed by atoms with E-state index in [0.717, 1.165) is 13.1 Å². The molecule has 16 heavy (non-hydrogen) atoms. The lowest BCUT2D eigenvalue weighted by atomic mass is 9.96. The molecule has 0 aliphatic rings. The molecule has 0 unspecified atom stereocenters. The van der Waals surface area contributed by atoms with Gasteiger partial charge in [-0.15, -0.1) is 0 Å². The lowest BCUT2D eigenvalue weighted by Crippen LogP contribution is -2.28. The van der Waals surface area contributed by atoms with Crippen molar-refractivity contribution >= 4 is 17.3 Å². The molecule has 1 rings (SSSR count). The highest BCUT2D eigenvalue weighted by atomic mass is 35.5. The minimum atomic E-state index is 0.312. The van der Waals surface area contributed by atoms with Crippen LogP contribution in [0.5, 0.6) is 0 Å². The standard InChI is InChI=1S/C13H21ClN2/c1-13(2,3)9-16(4)8-10-5-6-12(15)11(14)7-10/h5-7H,8-9,15H2,1-4H3. The van der Waals surface area contributed by atoms with Gasteiger partial charge in [0, 0.05) is 13.1 Å². The van der Waals surface area contributed by atoms with Crippen LogP contribution in [0.1, 0.15) is 26.3 Å². The monoisotopic (exact) mass is 240 g/mol. The Morgan fingerprint density at radius 1 is 1.31 bits per heavy atom. The Bertz CT molecular complexity index is 355. The first-order valence-corrected chi connectivity index (χ1v) is 5.88. The van der Waals surface area contributed by atoms with Crippen LogP contribution in [0.4, 0.5) is 5.69 Å². The van der Waals surface area contributed by atoms with Gasteiger partial charge >= 0.3 is 0 Å². The Morgan fingerprint density at radius 3 is 2.44 bits per heavy atom. The van der Waals surface area contributed by atoms with Gasteiger partial charge in [0.15, 0.2) is 0 Å². The summed E-state index contributed by atoms with van der Waals surface area (Å²) < 4.78 is 0. The lowest BCUT2D eigenvalue weighted by Gasteiger charge is -2.26. The van der Waals surface area contributed by atoms with E-state index in [1.807, 2.05) is 18.2 Å². The number of hydrogen-bond donors (Lipinski definition) is 1. The van der Waals surface area contributed by atoms with E-state index in [4.69, 9.17) is 17.3 Å². The Morgan fingerprint density at radius 2 is 1.94 bits per heavy atom. The molecule has 0 atom stereocenters. The number of nitrogens with zero attached hydrogens (tertiary/aromatic N) is 1. The fourth-order valence-electron chi connectivity index (χ4n) is 1.85. The van der Waals surface area contributed by atoms with Crippen LogP contribution in [0.15, 0.2) is 18.2 Å². The van der Waals surface area contributed by atoms with Gasteiger partial charge in [0.25, 0.3) is 0 Å². The van der Waals surface area contributed by atoms with Gasteiger partial charge in [-0.2, -0.15) is 0 Å². The van der Waals surface area contributed by atoms with Gasteiger partial charge in [-0.1, -0.05) is 38.4 Å². The normalized spacial score (nSPS) is 12.1. The first kappa shape index (κ1) is 13.3. The van der Waals surface area contributed by atoms with Crippen LogP contribution in [0, 0.1) is 5.41 Å². The fraction of sp³-hybridized carbons (Fsp3) is 0.538. The van der Waals surface area contributed by atoms with Crippen molar-refractivity contribution in [1.29, 1.82) is 0 Å². The molecule has 0 saturated heterocycles. The summed E-state index contributed by atoms with van der Waals surface area (Å²) in [7, 11) is 2.12. The van der Waals surface area contributed by atoms with Crippen LogP contribution in [0.25, 0.3) is 0 Å². The molecule has 0 fully saturated rings.